The molecule has 4 bridgehead atoms. The number of hydrogen-bond acceptors (Lipinski definition) is 9. The molecule has 3 unspecified atom stereocenters. The smallest absolute Gasteiger partial charge is 0.315 e. The molecule has 182 valence electrons. The zero-order valence-corrected chi connectivity index (χ0v) is 19.9. The van der Waals surface area contributed by atoms with Crippen molar-refractivity contribution in [1.82, 2.24) is 0 Å². The summed E-state index contributed by atoms with van der Waals surface area (Å²) in [6.07, 6.45) is 1.31. The summed E-state index contributed by atoms with van der Waals surface area (Å²) in [5.74, 6) is -4.08. The predicted molar refractivity (Wildman–Crippen MR) is 113 cm³/mol. The summed E-state index contributed by atoms with van der Waals surface area (Å²) in [7, 11) is -2.93. The summed E-state index contributed by atoms with van der Waals surface area (Å²) in [4.78, 5) is 38.1. The predicted octanol–water partition coefficient (Wildman–Crippen LogP) is 1.28. The molecule has 10 heteroatoms. The molecule has 9 nitrogen and oxygen atoms in total. The maximum atomic E-state index is 13.4. The van der Waals surface area contributed by atoms with E-state index >= 15 is 0 Å². The molecular formula is C23H30O9S. The van der Waals surface area contributed by atoms with Crippen LogP contribution < -0.4 is 0 Å². The molecular weight excluding hydrogens is 452 g/mol. The largest absolute Gasteiger partial charge is 0.469 e. The molecule has 5 fully saturated rings. The van der Waals surface area contributed by atoms with Gasteiger partial charge in [-0.15, -0.1) is 0 Å². The van der Waals surface area contributed by atoms with Crippen molar-refractivity contribution in [2.75, 3.05) is 12.9 Å². The van der Waals surface area contributed by atoms with Gasteiger partial charge in [-0.05, 0) is 63.4 Å². The maximum Gasteiger partial charge on any atom is 0.315 e. The Morgan fingerprint density at radius 2 is 1.97 bits per heavy atom. The first-order chi connectivity index (χ1) is 15.3. The van der Waals surface area contributed by atoms with Gasteiger partial charge in [0.25, 0.3) is 10.1 Å². The van der Waals surface area contributed by atoms with Gasteiger partial charge in [0.2, 0.25) is 0 Å². The second-order valence-electron chi connectivity index (χ2n) is 10.9. The van der Waals surface area contributed by atoms with Gasteiger partial charge in [-0.3, -0.25) is 18.6 Å². The first-order valence-corrected chi connectivity index (χ1v) is 13.0. The van der Waals surface area contributed by atoms with Crippen LogP contribution in [0.25, 0.3) is 0 Å². The fraction of sp³-hybridized carbons (Fsp3) is 0.783. The molecule has 5 aliphatic rings. The highest BCUT2D eigenvalue weighted by Gasteiger charge is 2.84. The maximum absolute atomic E-state index is 13.4. The lowest BCUT2D eigenvalue weighted by Gasteiger charge is -2.46. The average Bonchev–Trinajstić information content (AvgIpc) is 3.12. The van der Waals surface area contributed by atoms with E-state index in [9.17, 15) is 27.9 Å². The SMILES string of the molecule is C=C1C[C@]23C[C@@]1(O)CCC2[C@@]12CC[C@H](OS(=O)(=O)CC(C)=O)[C@](C)(C(=O)O1)C2C3C(=O)OC. The van der Waals surface area contributed by atoms with E-state index < -0.39 is 73.6 Å². The Balaban J connectivity index is 1.64. The highest BCUT2D eigenvalue weighted by Crippen LogP contribution is 2.78. The Labute approximate surface area is 193 Å². The summed E-state index contributed by atoms with van der Waals surface area (Å²) in [6.45, 7) is 6.86. The normalized spacial score (nSPS) is 47.6. The Morgan fingerprint density at radius 3 is 2.61 bits per heavy atom. The number of ether oxygens (including phenoxy) is 2. The van der Waals surface area contributed by atoms with Gasteiger partial charge in [-0.2, -0.15) is 8.42 Å². The van der Waals surface area contributed by atoms with Gasteiger partial charge < -0.3 is 14.6 Å². The van der Waals surface area contributed by atoms with Crippen molar-refractivity contribution in [3.8, 4) is 0 Å². The zero-order chi connectivity index (χ0) is 24.2. The highest BCUT2D eigenvalue weighted by molar-refractivity contribution is 7.87. The van der Waals surface area contributed by atoms with E-state index in [1.807, 2.05) is 0 Å². The number of methoxy groups -OCH3 is 1. The van der Waals surface area contributed by atoms with Gasteiger partial charge in [0, 0.05) is 11.8 Å². The minimum Gasteiger partial charge on any atom is -0.469 e. The van der Waals surface area contributed by atoms with E-state index in [2.05, 4.69) is 6.58 Å². The number of fused-ring (bicyclic) bond motifs is 1. The van der Waals surface area contributed by atoms with Crippen LogP contribution in [0.2, 0.25) is 0 Å². The molecule has 4 saturated carbocycles. The van der Waals surface area contributed by atoms with Crippen LogP contribution in [-0.2, 0) is 38.2 Å². The molecule has 1 saturated heterocycles. The second-order valence-corrected chi connectivity index (χ2v) is 12.5. The van der Waals surface area contributed by atoms with Gasteiger partial charge in [0.1, 0.15) is 22.6 Å². The molecule has 1 aliphatic heterocycles. The summed E-state index contributed by atoms with van der Waals surface area (Å²) in [6, 6.07) is 0. The van der Waals surface area contributed by atoms with Gasteiger partial charge in [0.15, 0.2) is 0 Å². The van der Waals surface area contributed by atoms with E-state index in [0.29, 0.717) is 37.7 Å². The van der Waals surface area contributed by atoms with Crippen molar-refractivity contribution < 1.29 is 41.6 Å². The molecule has 1 heterocycles. The number of rotatable bonds is 5. The molecule has 0 amide bonds. The number of Topliss-reactive ketones (excluding diaryl/α,β-unsaturated/α-hetero) is 1. The lowest BCUT2D eigenvalue weighted by atomic mass is 9.59. The third kappa shape index (κ3) is 2.71. The zero-order valence-electron chi connectivity index (χ0n) is 19.1. The quantitative estimate of drug-likeness (QED) is 0.349. The minimum atomic E-state index is -4.23. The standard InChI is InChI=1S/C23H30O9S/c1-12-9-21-11-22(12,27)7-5-14(21)23-8-6-15(32-33(28,29)10-13(2)24)20(3,19(26)31-23)17(23)16(21)18(25)30-4/h14-17,27H,1,5-11H2,2-4H3/t14?,15-,16?,17?,20-,21-,22-,23+/m0/s1. The van der Waals surface area contributed by atoms with E-state index in [0.717, 1.165) is 6.92 Å². The van der Waals surface area contributed by atoms with Crippen LogP contribution >= 0.6 is 0 Å². The van der Waals surface area contributed by atoms with Gasteiger partial charge in [-0.25, -0.2) is 0 Å². The summed E-state index contributed by atoms with van der Waals surface area (Å²) >= 11 is 0. The van der Waals surface area contributed by atoms with Crippen molar-refractivity contribution in [2.45, 2.75) is 69.7 Å². The van der Waals surface area contributed by atoms with Crippen LogP contribution in [0, 0.1) is 28.6 Å². The summed E-state index contributed by atoms with van der Waals surface area (Å²) in [5, 5.41) is 11.2. The fourth-order valence-electron chi connectivity index (χ4n) is 8.35. The summed E-state index contributed by atoms with van der Waals surface area (Å²) in [5.41, 5.74) is -3.46. The number of hydrogen-bond donors (Lipinski definition) is 1. The van der Waals surface area contributed by atoms with Crippen molar-refractivity contribution >= 4 is 27.8 Å². The Bertz CT molecular complexity index is 1080. The number of ketones is 1. The van der Waals surface area contributed by atoms with Crippen LogP contribution in [0.15, 0.2) is 12.2 Å². The van der Waals surface area contributed by atoms with E-state index in [1.54, 1.807) is 6.92 Å². The average molecular weight is 483 g/mol. The van der Waals surface area contributed by atoms with Crippen molar-refractivity contribution in [2.24, 2.45) is 28.6 Å². The third-order valence-corrected chi connectivity index (χ3v) is 10.7. The molecule has 0 aromatic carbocycles. The number of carbonyl (C=O) groups excluding carboxylic acids is 3. The monoisotopic (exact) mass is 482 g/mol. The topological polar surface area (TPSA) is 133 Å². The van der Waals surface area contributed by atoms with Crippen LogP contribution in [0.1, 0.15) is 52.4 Å². The fourth-order valence-corrected chi connectivity index (χ4v) is 9.56. The Hall–Kier alpha value is -1.78. The molecule has 5 rings (SSSR count). The van der Waals surface area contributed by atoms with Crippen LogP contribution in [0.3, 0.4) is 0 Å². The lowest BCUT2D eigenvalue weighted by Crippen LogP contribution is -2.54. The molecule has 4 aliphatic carbocycles. The highest BCUT2D eigenvalue weighted by atomic mass is 32.2. The lowest BCUT2D eigenvalue weighted by molar-refractivity contribution is -0.164. The van der Waals surface area contributed by atoms with Crippen molar-refractivity contribution in [3.63, 3.8) is 0 Å². The van der Waals surface area contributed by atoms with Gasteiger partial charge in [-0.1, -0.05) is 6.58 Å². The van der Waals surface area contributed by atoms with Gasteiger partial charge in [0.05, 0.1) is 24.7 Å². The Morgan fingerprint density at radius 1 is 1.27 bits per heavy atom. The summed E-state index contributed by atoms with van der Waals surface area (Å²) < 4.78 is 41.9. The Kier molecular flexibility index (Phi) is 4.64. The first-order valence-electron chi connectivity index (χ1n) is 11.4. The molecule has 1 N–H and O–H groups in total. The van der Waals surface area contributed by atoms with Crippen LogP contribution in [-0.4, -0.2) is 61.4 Å². The molecule has 33 heavy (non-hydrogen) atoms. The molecule has 0 aromatic heterocycles. The van der Waals surface area contributed by atoms with E-state index in [1.165, 1.54) is 7.11 Å². The molecule has 8 atom stereocenters. The van der Waals surface area contributed by atoms with Crippen LogP contribution in [0.4, 0.5) is 0 Å². The minimum absolute atomic E-state index is 0.181. The van der Waals surface area contributed by atoms with Crippen molar-refractivity contribution in [1.29, 1.82) is 0 Å². The van der Waals surface area contributed by atoms with Crippen molar-refractivity contribution in [3.05, 3.63) is 12.2 Å². The number of esters is 2. The molecule has 0 aromatic rings. The van der Waals surface area contributed by atoms with Gasteiger partial charge >= 0.3 is 11.9 Å². The second kappa shape index (κ2) is 6.66. The molecule has 0 radical (unpaired) electrons. The first kappa shape index (κ1) is 23.0. The van der Waals surface area contributed by atoms with Crippen LogP contribution in [0.5, 0.6) is 0 Å². The molecule has 1 spiro atoms. The van der Waals surface area contributed by atoms with E-state index in [4.69, 9.17) is 13.7 Å². The third-order valence-electron chi connectivity index (χ3n) is 9.36. The van der Waals surface area contributed by atoms with E-state index in [-0.39, 0.29) is 12.3 Å². The number of aliphatic hydroxyl groups is 1. The number of carbonyl (C=O) groups is 3.